The van der Waals surface area contributed by atoms with E-state index in [2.05, 4.69) is 54.6 Å². The fourth-order valence-electron chi connectivity index (χ4n) is 8.87. The van der Waals surface area contributed by atoms with Crippen LogP contribution in [0.5, 0.6) is 17.2 Å². The molecule has 0 saturated heterocycles. The van der Waals surface area contributed by atoms with E-state index in [1.165, 1.54) is 16.5 Å². The number of carbonyl (C=O) groups is 1. The molecule has 2 aliphatic carbocycles. The van der Waals surface area contributed by atoms with E-state index in [0.29, 0.717) is 56.3 Å². The van der Waals surface area contributed by atoms with Crippen molar-refractivity contribution < 1.29 is 34.3 Å². The molecule has 4 aliphatic rings. The number of rotatable bonds is 11. The van der Waals surface area contributed by atoms with E-state index in [-0.39, 0.29) is 35.5 Å². The fraction of sp³-hybridized carbons (Fsp3) is 0.420. The van der Waals surface area contributed by atoms with Crippen LogP contribution < -0.4 is 14.8 Å². The number of hydrogen-bond acceptors (Lipinski definition) is 8. The van der Waals surface area contributed by atoms with Crippen LogP contribution in [0.2, 0.25) is 0 Å². The maximum absolute atomic E-state index is 13.6. The number of aliphatic hydroxyl groups is 2. The van der Waals surface area contributed by atoms with Gasteiger partial charge in [0.2, 0.25) is 0 Å². The third-order valence-corrected chi connectivity index (χ3v) is 12.1. The van der Waals surface area contributed by atoms with Crippen molar-refractivity contribution in [1.82, 2.24) is 0 Å². The van der Waals surface area contributed by atoms with Crippen molar-refractivity contribution in [3.05, 3.63) is 118 Å². The van der Waals surface area contributed by atoms with Gasteiger partial charge in [-0.3, -0.25) is 4.79 Å². The van der Waals surface area contributed by atoms with Gasteiger partial charge < -0.3 is 34.8 Å². The Morgan fingerprint density at radius 1 is 1.00 bits per heavy atom. The van der Waals surface area contributed by atoms with Gasteiger partial charge in [0.25, 0.3) is 0 Å². The molecule has 8 heteroatoms. The molecule has 304 valence electrons. The molecule has 0 spiro atoms. The van der Waals surface area contributed by atoms with Gasteiger partial charge in [-0.1, -0.05) is 55.7 Å². The minimum Gasteiger partial charge on any atom is -0.508 e. The third kappa shape index (κ3) is 10.00. The van der Waals surface area contributed by atoms with Crippen LogP contribution in [0.4, 0.5) is 5.69 Å². The van der Waals surface area contributed by atoms with Gasteiger partial charge in [0, 0.05) is 37.1 Å². The highest BCUT2D eigenvalue weighted by Crippen LogP contribution is 2.43. The number of anilines is 1. The summed E-state index contributed by atoms with van der Waals surface area (Å²) >= 11 is 0. The van der Waals surface area contributed by atoms with Crippen LogP contribution >= 0.6 is 0 Å². The normalized spacial score (nSPS) is 21.1. The van der Waals surface area contributed by atoms with Crippen LogP contribution in [0.1, 0.15) is 98.1 Å². The molecule has 4 aromatic rings. The predicted molar refractivity (Wildman–Crippen MR) is 230 cm³/mol. The number of benzene rings is 4. The number of hydrogen-bond donors (Lipinski definition) is 4. The lowest BCUT2D eigenvalue weighted by atomic mass is 9.79. The molecule has 0 saturated carbocycles. The zero-order valence-electron chi connectivity index (χ0n) is 34.1. The van der Waals surface area contributed by atoms with Gasteiger partial charge in [0.05, 0.1) is 13.2 Å². The van der Waals surface area contributed by atoms with Crippen molar-refractivity contribution >= 4 is 22.2 Å². The van der Waals surface area contributed by atoms with E-state index in [4.69, 9.17) is 14.2 Å². The lowest BCUT2D eigenvalue weighted by Crippen LogP contribution is -2.24. The predicted octanol–water partition coefficient (Wildman–Crippen LogP) is 9.82. The minimum absolute atomic E-state index is 0.0267. The van der Waals surface area contributed by atoms with E-state index in [1.54, 1.807) is 20.1 Å². The van der Waals surface area contributed by atoms with Crippen molar-refractivity contribution in [3.63, 3.8) is 0 Å². The van der Waals surface area contributed by atoms with Gasteiger partial charge in [-0.05, 0) is 151 Å². The fourth-order valence-corrected chi connectivity index (χ4v) is 8.87. The first-order valence-electron chi connectivity index (χ1n) is 21.0. The molecule has 0 radical (unpaired) electrons. The maximum Gasteiger partial charge on any atom is 0.161 e. The van der Waals surface area contributed by atoms with Crippen LogP contribution in [0.3, 0.4) is 0 Å². The van der Waals surface area contributed by atoms with Crippen LogP contribution in [-0.2, 0) is 41.8 Å². The van der Waals surface area contributed by atoms with Crippen molar-refractivity contribution in [1.29, 1.82) is 0 Å². The summed E-state index contributed by atoms with van der Waals surface area (Å²) in [5.74, 6) is 5.48. The number of phenolic OH excluding ortho intramolecular Hbond substituents is 1. The Morgan fingerprint density at radius 3 is 2.72 bits per heavy atom. The molecular formula is C50H57NO7. The van der Waals surface area contributed by atoms with Gasteiger partial charge in [-0.2, -0.15) is 0 Å². The number of carbonyl (C=O) groups excluding carboxylic acids is 1. The molecule has 4 aromatic carbocycles. The number of aliphatic hydroxyl groups excluding tert-OH is 2. The summed E-state index contributed by atoms with van der Waals surface area (Å²) < 4.78 is 18.4. The Morgan fingerprint density at radius 2 is 1.88 bits per heavy atom. The highest BCUT2D eigenvalue weighted by molar-refractivity contribution is 5.95. The largest absolute Gasteiger partial charge is 0.508 e. The van der Waals surface area contributed by atoms with Crippen molar-refractivity contribution in [2.45, 2.75) is 109 Å². The van der Waals surface area contributed by atoms with Gasteiger partial charge in [0.1, 0.15) is 36.1 Å². The summed E-state index contributed by atoms with van der Waals surface area (Å²) in [4.78, 5) is 13.6. The highest BCUT2D eigenvalue weighted by atomic mass is 16.5. The summed E-state index contributed by atoms with van der Waals surface area (Å²) in [6.45, 7) is 4.87. The molecule has 2 aliphatic heterocycles. The van der Waals surface area contributed by atoms with E-state index in [0.717, 1.165) is 71.9 Å². The molecule has 0 fully saturated rings. The lowest BCUT2D eigenvalue weighted by Gasteiger charge is -2.28. The van der Waals surface area contributed by atoms with Gasteiger partial charge >= 0.3 is 0 Å². The molecule has 2 heterocycles. The van der Waals surface area contributed by atoms with E-state index in [9.17, 15) is 20.1 Å². The molecule has 0 aromatic heterocycles. The molecule has 4 N–H and O–H groups in total. The number of phenols is 1. The Labute approximate surface area is 342 Å². The molecule has 58 heavy (non-hydrogen) atoms. The molecule has 8 rings (SSSR count). The maximum atomic E-state index is 13.6. The summed E-state index contributed by atoms with van der Waals surface area (Å²) in [7, 11) is 1.64. The molecule has 0 unspecified atom stereocenters. The standard InChI is InChI=1S/C50H57NO7/c1-32-13-20-43-37-17-21-45-44(47(55)29-46(32)50(43)45)12-7-23-57-42(28-41(54)18-14-35-15-22-48(56-3)49(25-35)58-31-37)27-38-26-40(53)19-16-36(38)10-5-4-8-34-9-6-11-39(24-34)51-30-33(2)52/h6,9,11,15-17,19,21-22,24-26,29,32-33,36,38,42,51-53,55H,4-5,8,10,12-14,18,20,27-28,30-31H2,1-3H3/t32-,33+,36-,38+,42+/m1/s1. The van der Waals surface area contributed by atoms with Crippen LogP contribution in [0, 0.1) is 23.9 Å². The molecule has 0 amide bonds. The zero-order valence-corrected chi connectivity index (χ0v) is 34.1. The summed E-state index contributed by atoms with van der Waals surface area (Å²) in [5, 5.41) is 37.1. The summed E-state index contributed by atoms with van der Waals surface area (Å²) in [5.41, 5.74) is 7.53. The van der Waals surface area contributed by atoms with Crippen molar-refractivity contribution in [2.24, 2.45) is 11.8 Å². The second-order valence-electron chi connectivity index (χ2n) is 16.4. The smallest absolute Gasteiger partial charge is 0.161 e. The first-order valence-corrected chi connectivity index (χ1v) is 21.0. The van der Waals surface area contributed by atoms with Crippen LogP contribution in [0.15, 0.2) is 84.7 Å². The number of Topliss-reactive ketones (excluding diaryl/α,β-unsaturated/α-hetero) is 1. The molecular weight excluding hydrogens is 727 g/mol. The average molecular weight is 784 g/mol. The van der Waals surface area contributed by atoms with Gasteiger partial charge in [0.15, 0.2) is 11.5 Å². The van der Waals surface area contributed by atoms with E-state index in [1.807, 2.05) is 42.5 Å². The Kier molecular flexibility index (Phi) is 13.3. The molecule has 6 bridgehead atoms. The minimum atomic E-state index is -0.481. The quantitative estimate of drug-likeness (QED) is 0.0878. The number of allylic oxidation sites excluding steroid dienone is 3. The van der Waals surface area contributed by atoms with Crippen molar-refractivity contribution in [2.75, 3.05) is 19.0 Å². The number of ether oxygens (including phenoxy) is 3. The van der Waals surface area contributed by atoms with Crippen LogP contribution in [-0.4, -0.2) is 47.0 Å². The molecule has 5 atom stereocenters. The first kappa shape index (κ1) is 40.8. The van der Waals surface area contributed by atoms with E-state index < -0.39 is 12.2 Å². The van der Waals surface area contributed by atoms with Crippen molar-refractivity contribution in [3.8, 4) is 29.3 Å². The summed E-state index contributed by atoms with van der Waals surface area (Å²) in [6.07, 6.45) is 15.5. The molecule has 8 nitrogen and oxygen atoms in total. The number of aryl methyl sites for hydroxylation is 3. The first-order chi connectivity index (χ1) is 28.1. The lowest BCUT2D eigenvalue weighted by molar-refractivity contribution is -0.121. The van der Waals surface area contributed by atoms with E-state index >= 15 is 0 Å². The topological polar surface area (TPSA) is 117 Å². The summed E-state index contributed by atoms with van der Waals surface area (Å²) in [6, 6.07) is 20.3. The second-order valence-corrected chi connectivity index (χ2v) is 16.4. The number of ketones is 1. The van der Waals surface area contributed by atoms with Crippen LogP contribution in [0.25, 0.3) is 10.8 Å². The monoisotopic (exact) mass is 783 g/mol. The number of methoxy groups -OCH3 is 1. The zero-order chi connectivity index (χ0) is 40.6. The Balaban J connectivity index is 1.11. The second kappa shape index (κ2) is 18.9. The average Bonchev–Trinajstić information content (AvgIpc) is 3.21. The highest BCUT2D eigenvalue weighted by Gasteiger charge is 2.28. The van der Waals surface area contributed by atoms with Gasteiger partial charge in [-0.25, -0.2) is 0 Å². The number of unbranched alkanes of at least 4 members (excludes halogenated alkanes) is 1. The number of aromatic hydroxyl groups is 1. The SMILES string of the molecule is COc1ccc2cc1OCc1ccc3c(c(O)cc4c3c1CC[C@H]4C)CC#CO[C@@H](C[C@@H]1C=C(O)C=C[C@H]1CCCCc1cccc(NC[C@H](C)O)c1)CC(=O)CC2. The third-order valence-electron chi connectivity index (χ3n) is 12.1. The number of fused-ring (bicyclic) bond motifs is 9. The number of nitrogens with one attached hydrogen (secondary N) is 1. The Hall–Kier alpha value is -5.39. The van der Waals surface area contributed by atoms with Gasteiger partial charge in [-0.15, -0.1) is 0 Å². The Bertz CT molecular complexity index is 2230.